The Morgan fingerprint density at radius 1 is 1.65 bits per heavy atom. The Morgan fingerprint density at radius 2 is 2.29 bits per heavy atom. The molecule has 0 saturated carbocycles. The van der Waals surface area contributed by atoms with Gasteiger partial charge in [-0.2, -0.15) is 5.26 Å². The molecule has 1 rings (SSSR count). The number of benzene rings is 1. The summed E-state index contributed by atoms with van der Waals surface area (Å²) in [6.45, 7) is 2.21. The van der Waals surface area contributed by atoms with Crippen LogP contribution in [0, 0.1) is 17.2 Å². The first-order valence-corrected chi connectivity index (χ1v) is 5.20. The zero-order valence-corrected chi connectivity index (χ0v) is 9.84. The highest BCUT2D eigenvalue weighted by Gasteiger charge is 2.17. The number of carboxylic acids is 1. The zero-order chi connectivity index (χ0) is 13.0. The second kappa shape index (κ2) is 5.21. The van der Waals surface area contributed by atoms with E-state index in [1.807, 2.05) is 0 Å². The highest BCUT2D eigenvalue weighted by molar-refractivity contribution is 5.97. The summed E-state index contributed by atoms with van der Waals surface area (Å²) in [6, 6.07) is 6.85. The van der Waals surface area contributed by atoms with Gasteiger partial charge in [-0.1, -0.05) is 6.07 Å². The highest BCUT2D eigenvalue weighted by atomic mass is 16.4. The molecule has 17 heavy (non-hydrogen) atoms. The first-order valence-electron chi connectivity index (χ1n) is 5.20. The highest BCUT2D eigenvalue weighted by Crippen LogP contribution is 2.27. The maximum absolute atomic E-state index is 11.1. The molecule has 1 aromatic rings. The van der Waals surface area contributed by atoms with E-state index in [0.717, 1.165) is 0 Å². The molecule has 5 nitrogen and oxygen atoms in total. The Kier molecular flexibility index (Phi) is 3.94. The topological polar surface area (TPSA) is 90.4 Å². The predicted molar refractivity (Wildman–Crippen MR) is 65.9 cm³/mol. The van der Waals surface area contributed by atoms with Crippen LogP contribution in [0.25, 0.3) is 0 Å². The van der Waals surface area contributed by atoms with E-state index in [4.69, 9.17) is 16.1 Å². The number of hydrogen-bond acceptors (Lipinski definition) is 4. The Balaban J connectivity index is 3.12. The summed E-state index contributed by atoms with van der Waals surface area (Å²) in [5.74, 6) is -1.22. The number of carbonyl (C=O) groups is 1. The number of hydrogen-bond donors (Lipinski definition) is 2. The molecule has 0 aliphatic carbocycles. The molecular weight excluding hydrogens is 218 g/mol. The van der Waals surface area contributed by atoms with E-state index in [0.29, 0.717) is 17.9 Å². The summed E-state index contributed by atoms with van der Waals surface area (Å²) in [7, 11) is 1.73. The Morgan fingerprint density at radius 3 is 2.82 bits per heavy atom. The lowest BCUT2D eigenvalue weighted by Crippen LogP contribution is -2.26. The van der Waals surface area contributed by atoms with Crippen molar-refractivity contribution in [1.82, 2.24) is 0 Å². The second-order valence-corrected chi connectivity index (χ2v) is 3.96. The maximum Gasteiger partial charge on any atom is 0.337 e. The van der Waals surface area contributed by atoms with E-state index >= 15 is 0 Å². The van der Waals surface area contributed by atoms with Crippen molar-refractivity contribution >= 4 is 17.3 Å². The fraction of sp³-hybridized carbons (Fsp3) is 0.333. The molecule has 0 aliphatic rings. The summed E-state index contributed by atoms with van der Waals surface area (Å²) in [5.41, 5.74) is 6.80. The van der Waals surface area contributed by atoms with E-state index in [9.17, 15) is 4.79 Å². The molecule has 0 spiro atoms. The third kappa shape index (κ3) is 2.88. The first-order chi connectivity index (χ1) is 7.97. The van der Waals surface area contributed by atoms with Gasteiger partial charge in [-0.3, -0.25) is 0 Å². The average Bonchev–Trinajstić information content (AvgIpc) is 2.28. The molecule has 0 aliphatic heterocycles. The van der Waals surface area contributed by atoms with Crippen LogP contribution >= 0.6 is 0 Å². The van der Waals surface area contributed by atoms with Gasteiger partial charge in [0, 0.05) is 13.6 Å². The number of carboxylic acid groups (broad SMARTS) is 1. The minimum atomic E-state index is -1.02. The number of nitrogen functional groups attached to an aromatic ring is 1. The summed E-state index contributed by atoms with van der Waals surface area (Å²) >= 11 is 0. The van der Waals surface area contributed by atoms with Crippen LogP contribution in [-0.4, -0.2) is 24.7 Å². The van der Waals surface area contributed by atoms with E-state index < -0.39 is 5.97 Å². The number of aromatic carboxylic acids is 1. The lowest BCUT2D eigenvalue weighted by molar-refractivity contribution is 0.0697. The molecule has 0 aromatic heterocycles. The largest absolute Gasteiger partial charge is 0.478 e. The van der Waals surface area contributed by atoms with Crippen LogP contribution < -0.4 is 10.6 Å². The monoisotopic (exact) mass is 233 g/mol. The van der Waals surface area contributed by atoms with Gasteiger partial charge in [-0.25, -0.2) is 4.79 Å². The SMILES string of the molecule is CC(C#N)CN(C)c1c(N)cccc1C(=O)O. The van der Waals surface area contributed by atoms with Crippen molar-refractivity contribution in [2.24, 2.45) is 5.92 Å². The normalized spacial score (nSPS) is 11.6. The van der Waals surface area contributed by atoms with Gasteiger partial charge in [0.15, 0.2) is 0 Å². The number of nitrogens with zero attached hydrogens (tertiary/aromatic N) is 2. The number of nitrogens with two attached hydrogens (primary N) is 1. The summed E-state index contributed by atoms with van der Waals surface area (Å²) in [5, 5.41) is 17.8. The van der Waals surface area contributed by atoms with Crippen LogP contribution in [0.1, 0.15) is 17.3 Å². The summed E-state index contributed by atoms with van der Waals surface area (Å²) in [6.07, 6.45) is 0. The molecule has 0 radical (unpaired) electrons. The third-order valence-electron chi connectivity index (χ3n) is 2.45. The van der Waals surface area contributed by atoms with Crippen molar-refractivity contribution in [3.63, 3.8) is 0 Å². The first kappa shape index (κ1) is 12.8. The second-order valence-electron chi connectivity index (χ2n) is 3.96. The minimum Gasteiger partial charge on any atom is -0.478 e. The zero-order valence-electron chi connectivity index (χ0n) is 9.84. The van der Waals surface area contributed by atoms with Crippen LogP contribution in [-0.2, 0) is 0 Å². The van der Waals surface area contributed by atoms with Gasteiger partial charge in [0.1, 0.15) is 0 Å². The van der Waals surface area contributed by atoms with Gasteiger partial charge in [-0.15, -0.1) is 0 Å². The maximum atomic E-state index is 11.1. The molecular formula is C12H15N3O2. The Bertz CT molecular complexity index is 465. The van der Waals surface area contributed by atoms with Crippen molar-refractivity contribution in [2.45, 2.75) is 6.92 Å². The van der Waals surface area contributed by atoms with Crippen molar-refractivity contribution in [1.29, 1.82) is 5.26 Å². The molecule has 5 heteroatoms. The molecule has 1 atom stereocenters. The number of rotatable bonds is 4. The lowest BCUT2D eigenvalue weighted by Gasteiger charge is -2.23. The number of nitriles is 1. The molecule has 1 aromatic carbocycles. The van der Waals surface area contributed by atoms with Gasteiger partial charge in [0.05, 0.1) is 28.9 Å². The van der Waals surface area contributed by atoms with E-state index in [-0.39, 0.29) is 11.5 Å². The van der Waals surface area contributed by atoms with Crippen LogP contribution in [0.5, 0.6) is 0 Å². The summed E-state index contributed by atoms with van der Waals surface area (Å²) < 4.78 is 0. The molecule has 0 fully saturated rings. The van der Waals surface area contributed by atoms with Crippen molar-refractivity contribution in [2.75, 3.05) is 24.2 Å². The van der Waals surface area contributed by atoms with Crippen LogP contribution in [0.15, 0.2) is 18.2 Å². The van der Waals surface area contributed by atoms with Gasteiger partial charge in [0.25, 0.3) is 0 Å². The standard InChI is InChI=1S/C12H15N3O2/c1-8(6-13)7-15(2)11-9(12(16)17)4-3-5-10(11)14/h3-5,8H,7,14H2,1-2H3,(H,16,17). The molecule has 0 bridgehead atoms. The fourth-order valence-electron chi connectivity index (χ4n) is 1.70. The fourth-order valence-corrected chi connectivity index (χ4v) is 1.70. The molecule has 0 amide bonds. The van der Waals surface area contributed by atoms with Crippen molar-refractivity contribution < 1.29 is 9.90 Å². The molecule has 0 heterocycles. The van der Waals surface area contributed by atoms with Gasteiger partial charge < -0.3 is 15.7 Å². The quantitative estimate of drug-likeness (QED) is 0.770. The van der Waals surface area contributed by atoms with Gasteiger partial charge >= 0.3 is 5.97 Å². The predicted octanol–water partition coefficient (Wildman–Crippen LogP) is 1.56. The lowest BCUT2D eigenvalue weighted by atomic mass is 10.1. The van der Waals surface area contributed by atoms with E-state index in [1.54, 1.807) is 31.0 Å². The van der Waals surface area contributed by atoms with Crippen molar-refractivity contribution in [3.8, 4) is 6.07 Å². The Labute approximate surface area is 100 Å². The van der Waals surface area contributed by atoms with E-state index in [2.05, 4.69) is 6.07 Å². The van der Waals surface area contributed by atoms with Crippen molar-refractivity contribution in [3.05, 3.63) is 23.8 Å². The van der Waals surface area contributed by atoms with Gasteiger partial charge in [0.2, 0.25) is 0 Å². The number of para-hydroxylation sites is 1. The Hall–Kier alpha value is -2.22. The van der Waals surface area contributed by atoms with E-state index in [1.165, 1.54) is 6.07 Å². The molecule has 3 N–H and O–H groups in total. The van der Waals surface area contributed by atoms with Crippen LogP contribution in [0.3, 0.4) is 0 Å². The summed E-state index contributed by atoms with van der Waals surface area (Å²) in [4.78, 5) is 12.8. The van der Waals surface area contributed by atoms with Crippen LogP contribution in [0.4, 0.5) is 11.4 Å². The number of anilines is 2. The van der Waals surface area contributed by atoms with Gasteiger partial charge in [-0.05, 0) is 19.1 Å². The minimum absolute atomic E-state index is 0.151. The van der Waals surface area contributed by atoms with Crippen LogP contribution in [0.2, 0.25) is 0 Å². The molecule has 0 saturated heterocycles. The smallest absolute Gasteiger partial charge is 0.337 e. The molecule has 90 valence electrons. The third-order valence-corrected chi connectivity index (χ3v) is 2.45. The average molecular weight is 233 g/mol. The molecule has 1 unspecified atom stereocenters.